The molecule has 0 aromatic heterocycles. The van der Waals surface area contributed by atoms with Crippen molar-refractivity contribution in [3.8, 4) is 0 Å². The van der Waals surface area contributed by atoms with E-state index in [1.807, 2.05) is 36.0 Å². The van der Waals surface area contributed by atoms with E-state index in [2.05, 4.69) is 5.32 Å². The molecule has 1 saturated carbocycles. The molecule has 2 fully saturated rings. The average Bonchev–Trinajstić information content (AvgIpc) is 3.09. The monoisotopic (exact) mass is 348 g/mol. The van der Waals surface area contributed by atoms with E-state index in [1.165, 1.54) is 35.5 Å². The Kier molecular flexibility index (Phi) is 5.79. The number of carbonyl (C=O) groups is 2. The van der Waals surface area contributed by atoms with Gasteiger partial charge in [-0.05, 0) is 49.9 Å². The minimum absolute atomic E-state index is 0.239. The van der Waals surface area contributed by atoms with Crippen molar-refractivity contribution in [3.63, 3.8) is 0 Å². The Morgan fingerprint density at radius 2 is 1.79 bits per heavy atom. The molecule has 2 N–H and O–H groups in total. The number of thioether (sulfide) groups is 1. The summed E-state index contributed by atoms with van der Waals surface area (Å²) in [5.74, 6) is -1.21. The second kappa shape index (κ2) is 8.03. The summed E-state index contributed by atoms with van der Waals surface area (Å²) in [5, 5.41) is 13.0. The van der Waals surface area contributed by atoms with Gasteiger partial charge in [-0.25, -0.2) is 0 Å². The van der Waals surface area contributed by atoms with Crippen molar-refractivity contribution in [2.24, 2.45) is 0 Å². The van der Waals surface area contributed by atoms with Crippen LogP contribution in [-0.2, 0) is 9.59 Å². The Morgan fingerprint density at radius 1 is 1.08 bits per heavy atom. The van der Waals surface area contributed by atoms with Gasteiger partial charge in [-0.3, -0.25) is 9.59 Å². The van der Waals surface area contributed by atoms with Gasteiger partial charge in [0.15, 0.2) is 0 Å². The molecule has 6 heteroatoms. The van der Waals surface area contributed by atoms with Gasteiger partial charge in [0.1, 0.15) is 0 Å². The zero-order valence-corrected chi connectivity index (χ0v) is 14.6. The first kappa shape index (κ1) is 17.3. The molecule has 130 valence electrons. The van der Waals surface area contributed by atoms with Gasteiger partial charge in [-0.15, -0.1) is 11.8 Å². The van der Waals surface area contributed by atoms with E-state index in [1.54, 1.807) is 0 Å². The summed E-state index contributed by atoms with van der Waals surface area (Å²) in [5.41, 5.74) is 0.627. The van der Waals surface area contributed by atoms with Crippen LogP contribution in [0.5, 0.6) is 0 Å². The van der Waals surface area contributed by atoms with Crippen molar-refractivity contribution in [1.29, 1.82) is 0 Å². The number of amides is 2. The third kappa shape index (κ3) is 4.51. The zero-order chi connectivity index (χ0) is 16.9. The lowest BCUT2D eigenvalue weighted by atomic mass is 10.1. The summed E-state index contributed by atoms with van der Waals surface area (Å²) in [7, 11) is 0. The van der Waals surface area contributed by atoms with Crippen LogP contribution in [0.4, 0.5) is 5.69 Å². The number of anilines is 1. The van der Waals surface area contributed by atoms with E-state index >= 15 is 0 Å². The SMILES string of the molecule is O=C(Nc1ccc(SC2CCCC2)cc1)C(=O)N1CCC[C@H](O)C1. The molecular formula is C18H24N2O3S. The summed E-state index contributed by atoms with van der Waals surface area (Å²) < 4.78 is 0. The molecule has 0 spiro atoms. The fourth-order valence-corrected chi connectivity index (χ4v) is 4.53. The lowest BCUT2D eigenvalue weighted by molar-refractivity contribution is -0.145. The number of aliphatic hydroxyl groups is 1. The molecular weight excluding hydrogens is 324 g/mol. The summed E-state index contributed by atoms with van der Waals surface area (Å²) >= 11 is 1.89. The lowest BCUT2D eigenvalue weighted by Crippen LogP contribution is -2.46. The topological polar surface area (TPSA) is 69.6 Å². The summed E-state index contributed by atoms with van der Waals surface area (Å²) in [6, 6.07) is 7.67. The number of rotatable bonds is 3. The number of hydrogen-bond acceptors (Lipinski definition) is 4. The van der Waals surface area contributed by atoms with Crippen LogP contribution in [0.1, 0.15) is 38.5 Å². The van der Waals surface area contributed by atoms with Gasteiger partial charge in [0.2, 0.25) is 0 Å². The molecule has 24 heavy (non-hydrogen) atoms. The third-order valence-electron chi connectivity index (χ3n) is 4.60. The molecule has 1 aromatic carbocycles. The molecule has 2 amide bonds. The normalized spacial score (nSPS) is 21.7. The molecule has 1 saturated heterocycles. The van der Waals surface area contributed by atoms with E-state index in [4.69, 9.17) is 0 Å². The number of hydrogen-bond donors (Lipinski definition) is 2. The van der Waals surface area contributed by atoms with Crippen molar-refractivity contribution in [2.45, 2.75) is 54.8 Å². The number of benzene rings is 1. The number of likely N-dealkylation sites (tertiary alicyclic amines) is 1. The summed E-state index contributed by atoms with van der Waals surface area (Å²) in [4.78, 5) is 26.9. The first-order valence-electron chi connectivity index (χ1n) is 8.67. The predicted molar refractivity (Wildman–Crippen MR) is 95.0 cm³/mol. The predicted octanol–water partition coefficient (Wildman–Crippen LogP) is 2.64. The maximum atomic E-state index is 12.1. The maximum Gasteiger partial charge on any atom is 0.313 e. The van der Waals surface area contributed by atoms with Crippen molar-refractivity contribution < 1.29 is 14.7 Å². The van der Waals surface area contributed by atoms with Crippen LogP contribution >= 0.6 is 11.8 Å². The minimum Gasteiger partial charge on any atom is -0.391 e. The van der Waals surface area contributed by atoms with Crippen molar-refractivity contribution in [2.75, 3.05) is 18.4 Å². The second-order valence-electron chi connectivity index (χ2n) is 6.55. The number of piperidine rings is 1. The van der Waals surface area contributed by atoms with Crippen LogP contribution in [0.3, 0.4) is 0 Å². The fraction of sp³-hybridized carbons (Fsp3) is 0.556. The van der Waals surface area contributed by atoms with E-state index < -0.39 is 17.9 Å². The maximum absolute atomic E-state index is 12.1. The Labute approximate surface area is 146 Å². The molecule has 0 radical (unpaired) electrons. The van der Waals surface area contributed by atoms with Crippen LogP contribution in [0.15, 0.2) is 29.2 Å². The van der Waals surface area contributed by atoms with Crippen molar-refractivity contribution in [1.82, 2.24) is 4.90 Å². The van der Waals surface area contributed by atoms with Crippen LogP contribution in [-0.4, -0.2) is 46.3 Å². The highest BCUT2D eigenvalue weighted by molar-refractivity contribution is 8.00. The molecule has 1 atom stereocenters. The molecule has 3 rings (SSSR count). The quantitative estimate of drug-likeness (QED) is 0.824. The van der Waals surface area contributed by atoms with Crippen molar-refractivity contribution >= 4 is 29.3 Å². The molecule has 1 aromatic rings. The standard InChI is InChI=1S/C18H24N2O3S/c21-14-4-3-11-20(12-14)18(23)17(22)19-13-7-9-16(10-8-13)24-15-5-1-2-6-15/h7-10,14-15,21H,1-6,11-12H2,(H,19,22)/t14-/m0/s1. The highest BCUT2D eigenvalue weighted by atomic mass is 32.2. The van der Waals surface area contributed by atoms with E-state index in [-0.39, 0.29) is 6.54 Å². The van der Waals surface area contributed by atoms with Gasteiger partial charge >= 0.3 is 11.8 Å². The largest absolute Gasteiger partial charge is 0.391 e. The summed E-state index contributed by atoms with van der Waals surface area (Å²) in [6.45, 7) is 0.767. The average molecular weight is 348 g/mol. The number of β-amino-alcohol motifs (C(OH)–C–C–N with tert-alkyl or cyclic N) is 1. The van der Waals surface area contributed by atoms with Crippen molar-refractivity contribution in [3.05, 3.63) is 24.3 Å². The van der Waals surface area contributed by atoms with Gasteiger partial charge in [-0.1, -0.05) is 12.8 Å². The minimum atomic E-state index is -0.639. The van der Waals surface area contributed by atoms with Gasteiger partial charge < -0.3 is 15.3 Å². The number of carbonyl (C=O) groups excluding carboxylic acids is 2. The molecule has 1 heterocycles. The Bertz CT molecular complexity index is 584. The Balaban J connectivity index is 1.52. The van der Waals surface area contributed by atoms with Crippen LogP contribution in [0, 0.1) is 0 Å². The van der Waals surface area contributed by atoms with Gasteiger partial charge in [-0.2, -0.15) is 0 Å². The molecule has 0 unspecified atom stereocenters. The van der Waals surface area contributed by atoms with E-state index in [9.17, 15) is 14.7 Å². The second-order valence-corrected chi connectivity index (χ2v) is 7.92. The molecule has 2 aliphatic rings. The first-order chi connectivity index (χ1) is 11.6. The highest BCUT2D eigenvalue weighted by Gasteiger charge is 2.26. The third-order valence-corrected chi connectivity index (χ3v) is 5.94. The fourth-order valence-electron chi connectivity index (χ4n) is 3.28. The highest BCUT2D eigenvalue weighted by Crippen LogP contribution is 2.34. The lowest BCUT2D eigenvalue weighted by Gasteiger charge is -2.29. The van der Waals surface area contributed by atoms with Gasteiger partial charge in [0.25, 0.3) is 0 Å². The van der Waals surface area contributed by atoms with Crippen LogP contribution < -0.4 is 5.32 Å². The van der Waals surface area contributed by atoms with Crippen LogP contribution in [0.2, 0.25) is 0 Å². The van der Waals surface area contributed by atoms with Gasteiger partial charge in [0, 0.05) is 28.9 Å². The summed E-state index contributed by atoms with van der Waals surface area (Å²) in [6.07, 6.45) is 6.08. The number of nitrogens with zero attached hydrogens (tertiary/aromatic N) is 1. The number of nitrogens with one attached hydrogen (secondary N) is 1. The molecule has 0 bridgehead atoms. The van der Waals surface area contributed by atoms with E-state index in [0.717, 1.165) is 6.42 Å². The Hall–Kier alpha value is -1.53. The smallest absolute Gasteiger partial charge is 0.313 e. The molecule has 5 nitrogen and oxygen atoms in total. The van der Waals surface area contributed by atoms with Gasteiger partial charge in [0.05, 0.1) is 6.10 Å². The molecule has 1 aliphatic heterocycles. The van der Waals surface area contributed by atoms with E-state index in [0.29, 0.717) is 23.9 Å². The zero-order valence-electron chi connectivity index (χ0n) is 13.7. The Morgan fingerprint density at radius 3 is 2.46 bits per heavy atom. The first-order valence-corrected chi connectivity index (χ1v) is 9.55. The van der Waals surface area contributed by atoms with Crippen LogP contribution in [0.25, 0.3) is 0 Å². The molecule has 1 aliphatic carbocycles. The number of aliphatic hydroxyl groups excluding tert-OH is 1.